The minimum Gasteiger partial charge on any atom is -0.396 e. The number of nitrogens with zero attached hydrogens (tertiary/aromatic N) is 5. The molecule has 0 amide bonds. The van der Waals surface area contributed by atoms with E-state index in [1.54, 1.807) is 20.2 Å². The highest BCUT2D eigenvalue weighted by Crippen LogP contribution is 2.39. The van der Waals surface area contributed by atoms with Crippen LogP contribution < -0.4 is 10.2 Å². The molecule has 0 aliphatic heterocycles. The largest absolute Gasteiger partial charge is 0.396 e. The Labute approximate surface area is 226 Å². The molecule has 0 spiro atoms. The van der Waals surface area contributed by atoms with E-state index in [-0.39, 0.29) is 31.1 Å². The van der Waals surface area contributed by atoms with E-state index in [9.17, 15) is 28.5 Å². The Morgan fingerprint density at radius 1 is 1.05 bits per heavy atom. The fourth-order valence-electron chi connectivity index (χ4n) is 4.83. The van der Waals surface area contributed by atoms with E-state index in [0.717, 1.165) is 15.9 Å². The number of thiazole rings is 1. The fourth-order valence-corrected chi connectivity index (χ4v) is 5.94. The third kappa shape index (κ3) is 5.14. The van der Waals surface area contributed by atoms with Crippen LogP contribution in [-0.2, 0) is 6.54 Å². The van der Waals surface area contributed by atoms with Gasteiger partial charge >= 0.3 is 0 Å². The molecule has 4 N–H and O–H groups in total. The van der Waals surface area contributed by atoms with Crippen molar-refractivity contribution in [3.05, 3.63) is 58.8 Å². The van der Waals surface area contributed by atoms with Gasteiger partial charge in [0.15, 0.2) is 0 Å². The zero-order chi connectivity index (χ0) is 28.0. The van der Waals surface area contributed by atoms with Gasteiger partial charge in [-0.3, -0.25) is 4.98 Å². The molecule has 3 aromatic heterocycles. The quantitative estimate of drug-likeness (QED) is 0.269. The molecule has 206 valence electrons. The third-order valence-corrected chi connectivity index (χ3v) is 8.02. The normalized spacial score (nSPS) is 21.1. The predicted molar refractivity (Wildman–Crippen MR) is 141 cm³/mol. The number of aryl methyl sites for hydroxylation is 2. The number of pyridine rings is 1. The van der Waals surface area contributed by atoms with Gasteiger partial charge in [-0.05, 0) is 26.3 Å². The topological polar surface area (TPSA) is 128 Å². The first-order valence-corrected chi connectivity index (χ1v) is 13.1. The molecule has 1 aliphatic carbocycles. The van der Waals surface area contributed by atoms with Crippen LogP contribution in [0.3, 0.4) is 0 Å². The number of aromatic nitrogens is 4. The van der Waals surface area contributed by atoms with Crippen LogP contribution in [0.5, 0.6) is 0 Å². The number of nitrogens with one attached hydrogen (secondary N) is 1. The fraction of sp³-hybridized carbons (Fsp3) is 0.385. The summed E-state index contributed by atoms with van der Waals surface area (Å²) in [7, 11) is 1.54. The van der Waals surface area contributed by atoms with Crippen LogP contribution in [0, 0.1) is 37.2 Å². The number of anilines is 2. The van der Waals surface area contributed by atoms with Crippen molar-refractivity contribution in [1.29, 1.82) is 0 Å². The maximum absolute atomic E-state index is 14.3. The van der Waals surface area contributed by atoms with Gasteiger partial charge in [0.1, 0.15) is 39.9 Å². The van der Waals surface area contributed by atoms with Crippen molar-refractivity contribution in [2.75, 3.05) is 23.9 Å². The summed E-state index contributed by atoms with van der Waals surface area (Å²) in [5.41, 5.74) is 2.20. The van der Waals surface area contributed by atoms with Gasteiger partial charge in [0.05, 0.1) is 40.3 Å². The van der Waals surface area contributed by atoms with Crippen LogP contribution in [0.15, 0.2) is 24.4 Å². The number of hydrogen-bond donors (Lipinski definition) is 4. The minimum absolute atomic E-state index is 0.118. The van der Waals surface area contributed by atoms with Crippen molar-refractivity contribution >= 4 is 33.3 Å². The van der Waals surface area contributed by atoms with E-state index in [4.69, 9.17) is 4.98 Å². The summed E-state index contributed by atoms with van der Waals surface area (Å²) in [6.07, 6.45) is -0.321. The summed E-state index contributed by atoms with van der Waals surface area (Å²) in [4.78, 5) is 19.7. The number of halogens is 3. The van der Waals surface area contributed by atoms with Gasteiger partial charge in [0.2, 0.25) is 5.95 Å². The van der Waals surface area contributed by atoms with E-state index in [2.05, 4.69) is 20.3 Å². The number of benzene rings is 1. The van der Waals surface area contributed by atoms with Crippen LogP contribution in [0.4, 0.5) is 24.9 Å². The van der Waals surface area contributed by atoms with Crippen molar-refractivity contribution in [2.24, 2.45) is 5.92 Å². The highest BCUT2D eigenvalue weighted by molar-refractivity contribution is 7.21. The Balaban J connectivity index is 1.57. The summed E-state index contributed by atoms with van der Waals surface area (Å²) in [5.74, 6) is -3.17. The molecule has 4 atom stereocenters. The van der Waals surface area contributed by atoms with Crippen molar-refractivity contribution in [1.82, 2.24) is 19.9 Å². The smallest absolute Gasteiger partial charge is 0.227 e. The van der Waals surface area contributed by atoms with Gasteiger partial charge in [-0.25, -0.2) is 23.1 Å². The number of aliphatic hydroxyl groups excluding tert-OH is 3. The first-order chi connectivity index (χ1) is 18.6. The number of fused-ring (bicyclic) bond motifs is 1. The molecule has 1 saturated carbocycles. The molecule has 0 bridgehead atoms. The van der Waals surface area contributed by atoms with Gasteiger partial charge in [-0.1, -0.05) is 0 Å². The van der Waals surface area contributed by atoms with E-state index in [1.165, 1.54) is 16.2 Å². The Morgan fingerprint density at radius 3 is 2.41 bits per heavy atom. The Kier molecular flexibility index (Phi) is 7.42. The van der Waals surface area contributed by atoms with Crippen LogP contribution in [0.2, 0.25) is 0 Å². The van der Waals surface area contributed by atoms with Gasteiger partial charge in [0.25, 0.3) is 0 Å². The molecule has 3 heterocycles. The van der Waals surface area contributed by atoms with Crippen molar-refractivity contribution in [2.45, 2.75) is 45.1 Å². The molecule has 0 unspecified atom stereocenters. The maximum Gasteiger partial charge on any atom is 0.227 e. The molecule has 0 saturated heterocycles. The van der Waals surface area contributed by atoms with Gasteiger partial charge in [-0.15, -0.1) is 11.3 Å². The lowest BCUT2D eigenvalue weighted by Crippen LogP contribution is -2.36. The lowest BCUT2D eigenvalue weighted by atomic mass is 10.1. The minimum atomic E-state index is -1.17. The monoisotopic (exact) mass is 560 g/mol. The van der Waals surface area contributed by atoms with Crippen LogP contribution in [0.25, 0.3) is 20.8 Å². The highest BCUT2D eigenvalue weighted by Gasteiger charge is 2.41. The zero-order valence-corrected chi connectivity index (χ0v) is 22.2. The summed E-state index contributed by atoms with van der Waals surface area (Å²) in [6, 6.07) is 2.43. The number of hydrogen-bond acceptors (Lipinski definition) is 10. The second kappa shape index (κ2) is 10.6. The van der Waals surface area contributed by atoms with Crippen molar-refractivity contribution < 1.29 is 28.5 Å². The van der Waals surface area contributed by atoms with Crippen molar-refractivity contribution in [3.63, 3.8) is 0 Å². The van der Waals surface area contributed by atoms with Gasteiger partial charge in [0, 0.05) is 43.5 Å². The van der Waals surface area contributed by atoms with E-state index in [0.29, 0.717) is 34.2 Å². The average Bonchev–Trinajstić information content (AvgIpc) is 3.43. The molecular weight excluding hydrogens is 533 g/mol. The molecule has 9 nitrogen and oxygen atoms in total. The van der Waals surface area contributed by atoms with Crippen LogP contribution in [-0.4, -0.2) is 67.2 Å². The van der Waals surface area contributed by atoms with Gasteiger partial charge < -0.3 is 25.5 Å². The second-order valence-corrected chi connectivity index (χ2v) is 10.7. The van der Waals surface area contributed by atoms with Crippen LogP contribution in [0.1, 0.15) is 23.4 Å². The maximum atomic E-state index is 14.3. The van der Waals surface area contributed by atoms with Crippen LogP contribution >= 0.6 is 11.3 Å². The number of rotatable bonds is 7. The summed E-state index contributed by atoms with van der Waals surface area (Å²) in [5, 5.41) is 34.4. The first kappa shape index (κ1) is 27.2. The standard InChI is InChI=1S/C26H27F3N6O3S/c1-11-20(25-33-21-12(2)30-5-4-19(21)39-25)24(32-18-6-13(10-36)22(37)23(18)38)34-26(31-11)35(3)9-15-16(28)7-14(27)8-17(15)29/h4-5,7-8,13,18,22-23,36-38H,6,9-10H2,1-3H3,(H,31,32,34)/t13-,18-,22-,23+/m1/s1. The van der Waals surface area contributed by atoms with Crippen molar-refractivity contribution in [3.8, 4) is 10.6 Å². The third-order valence-electron chi connectivity index (χ3n) is 6.98. The van der Waals surface area contributed by atoms with E-state index >= 15 is 0 Å². The molecule has 5 rings (SSSR count). The molecule has 1 fully saturated rings. The SMILES string of the molecule is Cc1nc(N(C)Cc2c(F)cc(F)cc2F)nc(N[C@@H]2C[C@H](CO)[C@@H](O)[C@H]2O)c1-c1nc2c(C)nccc2s1. The molecule has 0 radical (unpaired) electrons. The summed E-state index contributed by atoms with van der Waals surface area (Å²) in [6.45, 7) is 3.02. The predicted octanol–water partition coefficient (Wildman–Crippen LogP) is 3.33. The summed E-state index contributed by atoms with van der Waals surface area (Å²) >= 11 is 1.41. The second-order valence-electron chi connectivity index (χ2n) is 9.71. The Bertz CT molecular complexity index is 1510. The van der Waals surface area contributed by atoms with E-state index in [1.807, 2.05) is 13.0 Å². The summed E-state index contributed by atoms with van der Waals surface area (Å²) < 4.78 is 43.0. The van der Waals surface area contributed by atoms with E-state index < -0.39 is 41.6 Å². The molecule has 1 aromatic carbocycles. The Morgan fingerprint density at radius 2 is 1.77 bits per heavy atom. The molecule has 39 heavy (non-hydrogen) atoms. The first-order valence-electron chi connectivity index (χ1n) is 12.3. The highest BCUT2D eigenvalue weighted by atomic mass is 32.1. The number of aliphatic hydroxyl groups is 3. The molecule has 13 heteroatoms. The lowest BCUT2D eigenvalue weighted by Gasteiger charge is -2.24. The average molecular weight is 561 g/mol. The molecule has 4 aromatic rings. The molecular formula is C26H27F3N6O3S. The zero-order valence-electron chi connectivity index (χ0n) is 21.4. The Hall–Kier alpha value is -3.39. The lowest BCUT2D eigenvalue weighted by molar-refractivity contribution is 0.00446. The molecule has 1 aliphatic rings. The van der Waals surface area contributed by atoms with Gasteiger partial charge in [-0.2, -0.15) is 4.98 Å².